The summed E-state index contributed by atoms with van der Waals surface area (Å²) in [6, 6.07) is 5.26. The Hall–Kier alpha value is -2.76. The summed E-state index contributed by atoms with van der Waals surface area (Å²) in [5.41, 5.74) is 2.93. The summed E-state index contributed by atoms with van der Waals surface area (Å²) in [6.45, 7) is 7.41. The summed E-state index contributed by atoms with van der Waals surface area (Å²) < 4.78 is 10.9. The molecule has 1 aliphatic rings. The van der Waals surface area contributed by atoms with Gasteiger partial charge in [0.2, 0.25) is 0 Å². The molecule has 1 aromatic carbocycles. The van der Waals surface area contributed by atoms with Crippen LogP contribution in [0.1, 0.15) is 46.0 Å². The molecule has 0 bridgehead atoms. The van der Waals surface area contributed by atoms with Gasteiger partial charge in [-0.05, 0) is 45.4 Å². The van der Waals surface area contributed by atoms with Crippen LogP contribution in [0.25, 0.3) is 0 Å². The van der Waals surface area contributed by atoms with E-state index in [1.165, 1.54) is 0 Å². The number of hydrogen-bond acceptors (Lipinski definition) is 4. The number of nitrogens with one attached hydrogen (secondary N) is 2. The Balaban J connectivity index is 1.80. The number of carbonyl (C=O) groups excluding carboxylic acids is 2. The van der Waals surface area contributed by atoms with Crippen molar-refractivity contribution in [3.8, 4) is 5.75 Å². The molecule has 2 aromatic rings. The normalized spacial score (nSPS) is 14.4. The van der Waals surface area contributed by atoms with E-state index >= 15 is 0 Å². The first-order valence-electron chi connectivity index (χ1n) is 7.81. The number of ether oxygens (including phenoxy) is 1. The van der Waals surface area contributed by atoms with Gasteiger partial charge in [0.15, 0.2) is 6.61 Å². The first-order chi connectivity index (χ1) is 11.4. The maximum absolute atomic E-state index is 12.6. The molecule has 6 nitrogen and oxygen atoms in total. The summed E-state index contributed by atoms with van der Waals surface area (Å²) in [4.78, 5) is 24.0. The molecule has 0 fully saturated rings. The number of benzene rings is 1. The van der Waals surface area contributed by atoms with Crippen molar-refractivity contribution in [1.29, 1.82) is 0 Å². The summed E-state index contributed by atoms with van der Waals surface area (Å²) in [6.07, 6.45) is 0. The number of hydrogen-bond donors (Lipinski definition) is 2. The maximum atomic E-state index is 12.6. The van der Waals surface area contributed by atoms with Crippen LogP contribution in [0.3, 0.4) is 0 Å². The van der Waals surface area contributed by atoms with Gasteiger partial charge in [0, 0.05) is 5.56 Å². The van der Waals surface area contributed by atoms with Crippen molar-refractivity contribution < 1.29 is 18.7 Å². The van der Waals surface area contributed by atoms with E-state index in [1.54, 1.807) is 13.0 Å². The highest BCUT2D eigenvalue weighted by Gasteiger charge is 2.22. The SMILES string of the molecule is Cc1oc(C)c(C(=O)NC(C)c2ccc3c(c2)NC(=O)CO3)c1C. The van der Waals surface area contributed by atoms with Gasteiger partial charge < -0.3 is 19.8 Å². The first-order valence-corrected chi connectivity index (χ1v) is 7.81. The lowest BCUT2D eigenvalue weighted by Crippen LogP contribution is -2.28. The van der Waals surface area contributed by atoms with Gasteiger partial charge in [-0.25, -0.2) is 0 Å². The predicted octanol–water partition coefficient (Wildman–Crippen LogP) is 3.03. The van der Waals surface area contributed by atoms with Crippen LogP contribution in [0.15, 0.2) is 22.6 Å². The lowest BCUT2D eigenvalue weighted by molar-refractivity contribution is -0.118. The van der Waals surface area contributed by atoms with E-state index in [9.17, 15) is 9.59 Å². The number of amides is 2. The summed E-state index contributed by atoms with van der Waals surface area (Å²) in [7, 11) is 0. The molecule has 0 spiro atoms. The molecule has 0 saturated heterocycles. The molecule has 2 N–H and O–H groups in total. The van der Waals surface area contributed by atoms with Crippen molar-refractivity contribution in [2.24, 2.45) is 0 Å². The van der Waals surface area contributed by atoms with E-state index in [1.807, 2.05) is 32.9 Å². The molecular weight excluding hydrogens is 308 g/mol. The topological polar surface area (TPSA) is 80.6 Å². The van der Waals surface area contributed by atoms with Crippen LogP contribution in [0.4, 0.5) is 5.69 Å². The second kappa shape index (κ2) is 6.03. The first kappa shape index (κ1) is 16.1. The molecule has 126 valence electrons. The van der Waals surface area contributed by atoms with E-state index in [4.69, 9.17) is 9.15 Å². The number of anilines is 1. The maximum Gasteiger partial charge on any atom is 0.262 e. The standard InChI is InChI=1S/C18H20N2O4/c1-9-11(3)24-12(4)17(9)18(22)19-10(2)13-5-6-15-14(7-13)20-16(21)8-23-15/h5-7,10H,8H2,1-4H3,(H,19,22)(H,20,21). The largest absolute Gasteiger partial charge is 0.482 e. The average molecular weight is 328 g/mol. The minimum atomic E-state index is -0.226. The van der Waals surface area contributed by atoms with Crippen LogP contribution in [-0.2, 0) is 4.79 Å². The zero-order valence-corrected chi connectivity index (χ0v) is 14.1. The zero-order chi connectivity index (χ0) is 17.4. The van der Waals surface area contributed by atoms with E-state index in [2.05, 4.69) is 10.6 Å². The van der Waals surface area contributed by atoms with Gasteiger partial charge in [-0.3, -0.25) is 9.59 Å². The predicted molar refractivity (Wildman–Crippen MR) is 89.4 cm³/mol. The number of carbonyl (C=O) groups is 2. The Labute approximate surface area is 140 Å². The fourth-order valence-corrected chi connectivity index (χ4v) is 2.85. The number of furan rings is 1. The summed E-state index contributed by atoms with van der Waals surface area (Å²) >= 11 is 0. The van der Waals surface area contributed by atoms with Crippen LogP contribution < -0.4 is 15.4 Å². The molecule has 0 saturated carbocycles. The molecule has 0 radical (unpaired) electrons. The smallest absolute Gasteiger partial charge is 0.262 e. The van der Waals surface area contributed by atoms with Crippen molar-refractivity contribution in [2.45, 2.75) is 33.7 Å². The Morgan fingerprint density at radius 3 is 2.67 bits per heavy atom. The van der Waals surface area contributed by atoms with Gasteiger partial charge in [-0.1, -0.05) is 6.07 Å². The number of rotatable bonds is 3. The Morgan fingerprint density at radius 1 is 1.25 bits per heavy atom. The number of aryl methyl sites for hydroxylation is 2. The van der Waals surface area contributed by atoms with E-state index < -0.39 is 0 Å². The fraction of sp³-hybridized carbons (Fsp3) is 0.333. The molecule has 1 atom stereocenters. The van der Waals surface area contributed by atoms with Crippen molar-refractivity contribution >= 4 is 17.5 Å². The molecule has 1 aliphatic heterocycles. The quantitative estimate of drug-likeness (QED) is 0.907. The van der Waals surface area contributed by atoms with Gasteiger partial charge in [0.05, 0.1) is 17.3 Å². The molecule has 1 unspecified atom stereocenters. The van der Waals surface area contributed by atoms with E-state index in [0.717, 1.165) is 16.9 Å². The lowest BCUT2D eigenvalue weighted by atomic mass is 10.0. The van der Waals surface area contributed by atoms with Gasteiger partial charge in [0.25, 0.3) is 11.8 Å². The minimum absolute atomic E-state index is 0.0248. The fourth-order valence-electron chi connectivity index (χ4n) is 2.85. The van der Waals surface area contributed by atoms with E-state index in [0.29, 0.717) is 22.8 Å². The highest BCUT2D eigenvalue weighted by molar-refractivity contribution is 5.97. The molecule has 24 heavy (non-hydrogen) atoms. The summed E-state index contributed by atoms with van der Waals surface area (Å²) in [5.74, 6) is 1.64. The van der Waals surface area contributed by atoms with Crippen molar-refractivity contribution in [1.82, 2.24) is 5.32 Å². The Kier molecular flexibility index (Phi) is 4.05. The van der Waals surface area contributed by atoms with Crippen LogP contribution >= 0.6 is 0 Å². The molecule has 2 amide bonds. The number of fused-ring (bicyclic) bond motifs is 1. The van der Waals surface area contributed by atoms with Gasteiger partial charge >= 0.3 is 0 Å². The third-order valence-electron chi connectivity index (χ3n) is 4.27. The van der Waals surface area contributed by atoms with Crippen LogP contribution in [-0.4, -0.2) is 18.4 Å². The van der Waals surface area contributed by atoms with Gasteiger partial charge in [-0.2, -0.15) is 0 Å². The molecule has 2 heterocycles. The Morgan fingerprint density at radius 2 is 2.00 bits per heavy atom. The summed E-state index contributed by atoms with van der Waals surface area (Å²) in [5, 5.41) is 5.74. The second-order valence-electron chi connectivity index (χ2n) is 6.00. The monoisotopic (exact) mass is 328 g/mol. The zero-order valence-electron chi connectivity index (χ0n) is 14.1. The second-order valence-corrected chi connectivity index (χ2v) is 6.00. The third-order valence-corrected chi connectivity index (χ3v) is 4.27. The molecule has 6 heteroatoms. The van der Waals surface area contributed by atoms with Crippen molar-refractivity contribution in [3.63, 3.8) is 0 Å². The highest BCUT2D eigenvalue weighted by Crippen LogP contribution is 2.31. The third kappa shape index (κ3) is 2.87. The molecule has 1 aromatic heterocycles. The molecular formula is C18H20N2O4. The van der Waals surface area contributed by atoms with Crippen molar-refractivity contribution in [3.05, 3.63) is 46.4 Å². The van der Waals surface area contributed by atoms with E-state index in [-0.39, 0.29) is 24.5 Å². The molecule has 0 aliphatic carbocycles. The lowest BCUT2D eigenvalue weighted by Gasteiger charge is -2.21. The average Bonchev–Trinajstić information content (AvgIpc) is 2.79. The van der Waals surface area contributed by atoms with Gasteiger partial charge in [0.1, 0.15) is 17.3 Å². The molecule has 3 rings (SSSR count). The Bertz CT molecular complexity index is 823. The van der Waals surface area contributed by atoms with Crippen LogP contribution in [0.5, 0.6) is 5.75 Å². The van der Waals surface area contributed by atoms with Crippen LogP contribution in [0, 0.1) is 20.8 Å². The van der Waals surface area contributed by atoms with Crippen molar-refractivity contribution in [2.75, 3.05) is 11.9 Å². The minimum Gasteiger partial charge on any atom is -0.482 e. The van der Waals surface area contributed by atoms with Crippen LogP contribution in [0.2, 0.25) is 0 Å². The van der Waals surface area contributed by atoms with Gasteiger partial charge in [-0.15, -0.1) is 0 Å². The highest BCUT2D eigenvalue weighted by atomic mass is 16.5.